The van der Waals surface area contributed by atoms with Crippen molar-refractivity contribution in [1.29, 1.82) is 0 Å². The molecule has 0 atom stereocenters. The number of rotatable bonds is 8. The zero-order valence-corrected chi connectivity index (χ0v) is 13.3. The Hall–Kier alpha value is -1.65. The second-order valence-corrected chi connectivity index (χ2v) is 5.88. The van der Waals surface area contributed by atoms with Gasteiger partial charge in [-0.15, -0.1) is 0 Å². The van der Waals surface area contributed by atoms with Crippen molar-refractivity contribution < 1.29 is 14.6 Å². The number of aliphatic hydroxyl groups is 1. The first-order valence-corrected chi connectivity index (χ1v) is 7.11. The molecule has 1 rings (SSSR count). The highest BCUT2D eigenvalue weighted by atomic mass is 16.5. The number of allylic oxidation sites excluding steroid dienone is 1. The van der Waals surface area contributed by atoms with Gasteiger partial charge >= 0.3 is 0 Å². The molecule has 0 heterocycles. The number of carbonyl (C=O) groups excluding carboxylic acids is 1. The second kappa shape index (κ2) is 7.96. The lowest BCUT2D eigenvalue weighted by molar-refractivity contribution is 0.103. The Balaban J connectivity index is 2.50. The Labute approximate surface area is 127 Å². The van der Waals surface area contributed by atoms with E-state index < -0.39 is 5.60 Å². The van der Waals surface area contributed by atoms with Crippen LogP contribution in [0, 0.1) is 0 Å². The average Bonchev–Trinajstić information content (AvgIpc) is 2.40. The van der Waals surface area contributed by atoms with Crippen LogP contribution in [0.25, 0.3) is 0 Å². The second-order valence-electron chi connectivity index (χ2n) is 5.88. The topological polar surface area (TPSA) is 49.8 Å². The van der Waals surface area contributed by atoms with Crippen molar-refractivity contribution >= 4 is 5.78 Å². The van der Waals surface area contributed by atoms with Gasteiger partial charge in [-0.1, -0.05) is 0 Å². The Morgan fingerprint density at radius 3 is 2.43 bits per heavy atom. The first-order chi connectivity index (χ1) is 9.78. The molecule has 0 saturated heterocycles. The fourth-order valence-corrected chi connectivity index (χ4v) is 1.66. The van der Waals surface area contributed by atoms with Gasteiger partial charge in [0, 0.05) is 12.1 Å². The van der Waals surface area contributed by atoms with Crippen LogP contribution >= 0.6 is 0 Å². The Kier molecular flexibility index (Phi) is 6.59. The molecule has 4 heteroatoms. The molecule has 21 heavy (non-hydrogen) atoms. The van der Waals surface area contributed by atoms with Gasteiger partial charge in [-0.3, -0.25) is 4.79 Å². The maximum Gasteiger partial charge on any atom is 0.185 e. The van der Waals surface area contributed by atoms with E-state index in [1.165, 1.54) is 12.2 Å². The summed E-state index contributed by atoms with van der Waals surface area (Å²) in [5.41, 5.74) is -0.401. The largest absolute Gasteiger partial charge is 0.494 e. The Bertz CT molecular complexity index is 470. The van der Waals surface area contributed by atoms with Gasteiger partial charge in [-0.05, 0) is 70.8 Å². The summed E-state index contributed by atoms with van der Waals surface area (Å²) in [6.45, 7) is 4.89. The number of nitrogens with zero attached hydrogens (tertiary/aromatic N) is 1. The van der Waals surface area contributed by atoms with Gasteiger partial charge in [0.15, 0.2) is 5.78 Å². The van der Waals surface area contributed by atoms with E-state index in [-0.39, 0.29) is 5.78 Å². The van der Waals surface area contributed by atoms with Crippen molar-refractivity contribution in [3.63, 3.8) is 0 Å². The van der Waals surface area contributed by atoms with Gasteiger partial charge in [0.05, 0.1) is 12.2 Å². The van der Waals surface area contributed by atoms with E-state index >= 15 is 0 Å². The standard InChI is InChI=1S/C17H25NO3/c1-17(2,20)11-10-16(19)14-6-8-15(9-7-14)21-13-5-12-18(3)4/h6-11,20H,5,12-13H2,1-4H3. The third-order valence-electron chi connectivity index (χ3n) is 2.80. The zero-order valence-electron chi connectivity index (χ0n) is 13.3. The molecule has 0 aliphatic carbocycles. The molecule has 0 unspecified atom stereocenters. The highest BCUT2D eigenvalue weighted by molar-refractivity contribution is 6.04. The van der Waals surface area contributed by atoms with Gasteiger partial charge in [0.2, 0.25) is 0 Å². The molecule has 0 saturated carbocycles. The van der Waals surface area contributed by atoms with Gasteiger partial charge < -0.3 is 14.7 Å². The number of benzene rings is 1. The van der Waals surface area contributed by atoms with Crippen LogP contribution in [0.15, 0.2) is 36.4 Å². The van der Waals surface area contributed by atoms with E-state index in [2.05, 4.69) is 4.90 Å². The fraction of sp³-hybridized carbons (Fsp3) is 0.471. The molecular weight excluding hydrogens is 266 g/mol. The molecule has 1 N–H and O–H groups in total. The molecule has 0 amide bonds. The van der Waals surface area contributed by atoms with Crippen LogP contribution in [0.3, 0.4) is 0 Å². The summed E-state index contributed by atoms with van der Waals surface area (Å²) in [5, 5.41) is 9.55. The minimum absolute atomic E-state index is 0.128. The summed E-state index contributed by atoms with van der Waals surface area (Å²) in [7, 11) is 4.06. The molecule has 0 spiro atoms. The molecule has 0 radical (unpaired) electrons. The Morgan fingerprint density at radius 1 is 1.29 bits per heavy atom. The van der Waals surface area contributed by atoms with E-state index in [1.54, 1.807) is 38.1 Å². The van der Waals surface area contributed by atoms with Crippen molar-refractivity contribution in [3.8, 4) is 5.75 Å². The zero-order chi connectivity index (χ0) is 15.9. The SMILES string of the molecule is CN(C)CCCOc1ccc(C(=O)C=CC(C)(C)O)cc1. The summed E-state index contributed by atoms with van der Waals surface area (Å²) in [6.07, 6.45) is 3.84. The summed E-state index contributed by atoms with van der Waals surface area (Å²) >= 11 is 0. The molecule has 0 bridgehead atoms. The normalized spacial score (nSPS) is 12.1. The smallest absolute Gasteiger partial charge is 0.185 e. The summed E-state index contributed by atoms with van der Waals surface area (Å²) in [5.74, 6) is 0.632. The molecule has 116 valence electrons. The van der Waals surface area contributed by atoms with Crippen molar-refractivity contribution in [3.05, 3.63) is 42.0 Å². The monoisotopic (exact) mass is 291 g/mol. The number of ether oxygens (including phenoxy) is 1. The summed E-state index contributed by atoms with van der Waals surface area (Å²) < 4.78 is 5.61. The molecule has 0 aromatic heterocycles. The van der Waals surface area contributed by atoms with Crippen LogP contribution in [0.4, 0.5) is 0 Å². The molecule has 1 aromatic carbocycles. The third-order valence-corrected chi connectivity index (χ3v) is 2.80. The average molecular weight is 291 g/mol. The maximum absolute atomic E-state index is 11.9. The van der Waals surface area contributed by atoms with Crippen LogP contribution in [-0.4, -0.2) is 48.6 Å². The predicted molar refractivity (Wildman–Crippen MR) is 84.9 cm³/mol. The molecule has 1 aromatic rings. The van der Waals surface area contributed by atoms with Gasteiger partial charge in [-0.25, -0.2) is 0 Å². The minimum atomic E-state index is -0.981. The fourth-order valence-electron chi connectivity index (χ4n) is 1.66. The lowest BCUT2D eigenvalue weighted by atomic mass is 10.1. The molecule has 0 aliphatic rings. The first kappa shape index (κ1) is 17.4. The van der Waals surface area contributed by atoms with Crippen LogP contribution in [0.5, 0.6) is 5.75 Å². The van der Waals surface area contributed by atoms with Crippen molar-refractivity contribution in [2.45, 2.75) is 25.9 Å². The van der Waals surface area contributed by atoms with Crippen LogP contribution in [0.1, 0.15) is 30.6 Å². The molecule has 0 aliphatic heterocycles. The van der Waals surface area contributed by atoms with Crippen molar-refractivity contribution in [2.75, 3.05) is 27.2 Å². The van der Waals surface area contributed by atoms with Gasteiger partial charge in [-0.2, -0.15) is 0 Å². The number of hydrogen-bond donors (Lipinski definition) is 1. The van der Waals surface area contributed by atoms with Crippen LogP contribution < -0.4 is 4.74 Å². The molecular formula is C17H25NO3. The van der Waals surface area contributed by atoms with Gasteiger partial charge in [0.25, 0.3) is 0 Å². The first-order valence-electron chi connectivity index (χ1n) is 7.11. The van der Waals surface area contributed by atoms with E-state index in [0.29, 0.717) is 12.2 Å². The Morgan fingerprint density at radius 2 is 1.90 bits per heavy atom. The van der Waals surface area contributed by atoms with E-state index in [0.717, 1.165) is 18.7 Å². The van der Waals surface area contributed by atoms with E-state index in [9.17, 15) is 9.90 Å². The third kappa shape index (κ3) is 7.63. The van der Waals surface area contributed by atoms with Crippen molar-refractivity contribution in [2.24, 2.45) is 0 Å². The lowest BCUT2D eigenvalue weighted by Gasteiger charge is -2.11. The quantitative estimate of drug-likeness (QED) is 0.454. The summed E-state index contributed by atoms with van der Waals surface area (Å²) in [4.78, 5) is 14.0. The number of ketones is 1. The highest BCUT2D eigenvalue weighted by Gasteiger charge is 2.08. The molecule has 0 fully saturated rings. The lowest BCUT2D eigenvalue weighted by Crippen LogP contribution is -2.15. The van der Waals surface area contributed by atoms with E-state index in [4.69, 9.17) is 4.74 Å². The molecule has 4 nitrogen and oxygen atoms in total. The maximum atomic E-state index is 11.9. The number of hydrogen-bond acceptors (Lipinski definition) is 4. The predicted octanol–water partition coefficient (Wildman–Crippen LogP) is 2.53. The van der Waals surface area contributed by atoms with Gasteiger partial charge in [0.1, 0.15) is 5.75 Å². The van der Waals surface area contributed by atoms with Crippen LogP contribution in [0.2, 0.25) is 0 Å². The van der Waals surface area contributed by atoms with E-state index in [1.807, 2.05) is 14.1 Å². The van der Waals surface area contributed by atoms with Crippen molar-refractivity contribution in [1.82, 2.24) is 4.90 Å². The van der Waals surface area contributed by atoms with Crippen LogP contribution in [-0.2, 0) is 0 Å². The highest BCUT2D eigenvalue weighted by Crippen LogP contribution is 2.14. The summed E-state index contributed by atoms with van der Waals surface area (Å²) in [6, 6.07) is 7.05. The number of carbonyl (C=O) groups is 1. The minimum Gasteiger partial charge on any atom is -0.494 e.